The summed E-state index contributed by atoms with van der Waals surface area (Å²) in [6.07, 6.45) is 2.26. The Hall–Kier alpha value is -1.68. The van der Waals surface area contributed by atoms with Crippen LogP contribution < -0.4 is 4.90 Å². The van der Waals surface area contributed by atoms with Gasteiger partial charge in [-0.1, -0.05) is 6.92 Å². The lowest BCUT2D eigenvalue weighted by atomic mass is 10.2. The lowest BCUT2D eigenvalue weighted by Gasteiger charge is -2.18. The summed E-state index contributed by atoms with van der Waals surface area (Å²) in [7, 11) is 2.02. The molecule has 0 saturated carbocycles. The number of aromatic nitrogens is 1. The number of nitrogens with zero attached hydrogens (tertiary/aromatic N) is 2. The molecule has 0 aliphatic rings. The third kappa shape index (κ3) is 2.96. The van der Waals surface area contributed by atoms with E-state index in [1.54, 1.807) is 23.6 Å². The highest BCUT2D eigenvalue weighted by Crippen LogP contribution is 2.16. The molecule has 2 aromatic rings. The van der Waals surface area contributed by atoms with E-state index in [9.17, 15) is 4.79 Å². The zero-order valence-corrected chi connectivity index (χ0v) is 11.4. The van der Waals surface area contributed by atoms with Crippen LogP contribution in [-0.4, -0.2) is 17.8 Å². The Morgan fingerprint density at radius 1 is 1.39 bits per heavy atom. The molecule has 0 N–H and O–H groups in total. The van der Waals surface area contributed by atoms with Gasteiger partial charge >= 0.3 is 0 Å². The van der Waals surface area contributed by atoms with Crippen molar-refractivity contribution in [3.05, 3.63) is 46.4 Å². The fourth-order valence-electron chi connectivity index (χ4n) is 1.71. The van der Waals surface area contributed by atoms with E-state index >= 15 is 0 Å². The molecule has 2 aromatic heterocycles. The molecule has 0 aliphatic carbocycles. The van der Waals surface area contributed by atoms with Gasteiger partial charge in [0.05, 0.1) is 11.9 Å². The van der Waals surface area contributed by atoms with E-state index < -0.39 is 0 Å². The van der Waals surface area contributed by atoms with Crippen LogP contribution in [0.3, 0.4) is 0 Å². The summed E-state index contributed by atoms with van der Waals surface area (Å²) in [4.78, 5) is 17.8. The smallest absolute Gasteiger partial charge is 0.180 e. The molecule has 18 heavy (non-hydrogen) atoms. The van der Waals surface area contributed by atoms with Gasteiger partial charge in [0.25, 0.3) is 0 Å². The van der Waals surface area contributed by atoms with Gasteiger partial charge in [0.1, 0.15) is 5.69 Å². The van der Waals surface area contributed by atoms with Gasteiger partial charge in [-0.25, -0.2) is 0 Å². The van der Waals surface area contributed by atoms with E-state index in [4.69, 9.17) is 0 Å². The molecule has 3 nitrogen and oxygen atoms in total. The molecule has 2 heterocycles. The molecule has 2 rings (SSSR count). The van der Waals surface area contributed by atoms with Crippen molar-refractivity contribution in [2.24, 2.45) is 0 Å². The lowest BCUT2D eigenvalue weighted by molar-refractivity contribution is 0.0983. The van der Waals surface area contributed by atoms with Gasteiger partial charge in [-0.15, -0.1) is 0 Å². The number of carbonyl (C=O) groups is 1. The first-order valence-electron chi connectivity index (χ1n) is 5.92. The summed E-state index contributed by atoms with van der Waals surface area (Å²) >= 11 is 1.70. The highest BCUT2D eigenvalue weighted by molar-refractivity contribution is 7.07. The first-order chi connectivity index (χ1) is 8.70. The van der Waals surface area contributed by atoms with Crippen LogP contribution in [0.4, 0.5) is 5.69 Å². The number of rotatable bonds is 5. The molecule has 4 heteroatoms. The fraction of sp³-hybridized carbons (Fsp3) is 0.286. The zero-order chi connectivity index (χ0) is 13.0. The van der Waals surface area contributed by atoms with Crippen molar-refractivity contribution in [2.45, 2.75) is 19.9 Å². The van der Waals surface area contributed by atoms with Gasteiger partial charge in [-0.05, 0) is 34.5 Å². The van der Waals surface area contributed by atoms with E-state index in [2.05, 4.69) is 26.7 Å². The van der Waals surface area contributed by atoms with E-state index in [1.807, 2.05) is 20.0 Å². The minimum atomic E-state index is 0.0852. The average Bonchev–Trinajstić information content (AvgIpc) is 2.91. The van der Waals surface area contributed by atoms with Crippen molar-refractivity contribution in [1.82, 2.24) is 4.98 Å². The second-order valence-corrected chi connectivity index (χ2v) is 4.95. The first kappa shape index (κ1) is 12.8. The number of carbonyl (C=O) groups excluding carboxylic acids is 1. The maximum atomic E-state index is 11.5. The molecule has 0 atom stereocenters. The Morgan fingerprint density at radius 2 is 2.22 bits per heavy atom. The van der Waals surface area contributed by atoms with Gasteiger partial charge < -0.3 is 4.90 Å². The second kappa shape index (κ2) is 5.78. The van der Waals surface area contributed by atoms with Gasteiger partial charge in [0.15, 0.2) is 5.78 Å². The van der Waals surface area contributed by atoms with Crippen molar-refractivity contribution < 1.29 is 4.79 Å². The van der Waals surface area contributed by atoms with Crippen molar-refractivity contribution in [1.29, 1.82) is 0 Å². The molecule has 94 valence electrons. The minimum Gasteiger partial charge on any atom is -0.369 e. The summed E-state index contributed by atoms with van der Waals surface area (Å²) in [5, 5.41) is 4.21. The van der Waals surface area contributed by atoms with Crippen LogP contribution >= 0.6 is 11.3 Å². The maximum Gasteiger partial charge on any atom is 0.180 e. The second-order valence-electron chi connectivity index (χ2n) is 4.17. The molecular formula is C14H16N2OS. The lowest BCUT2D eigenvalue weighted by Crippen LogP contribution is -2.16. The number of Topliss-reactive ketones (excluding diaryl/α,β-unsaturated/α-hetero) is 1. The summed E-state index contributed by atoms with van der Waals surface area (Å²) in [6.45, 7) is 2.70. The molecule has 0 amide bonds. The third-order valence-corrected chi connectivity index (χ3v) is 3.53. The Kier molecular flexibility index (Phi) is 4.10. The zero-order valence-electron chi connectivity index (χ0n) is 10.6. The van der Waals surface area contributed by atoms with E-state index in [0.29, 0.717) is 12.1 Å². The number of hydrogen-bond acceptors (Lipinski definition) is 4. The molecule has 0 spiro atoms. The molecular weight excluding hydrogens is 244 g/mol. The van der Waals surface area contributed by atoms with Crippen LogP contribution in [0.15, 0.2) is 35.2 Å². The number of anilines is 1. The molecule has 0 radical (unpaired) electrons. The van der Waals surface area contributed by atoms with E-state index in [0.717, 1.165) is 12.2 Å². The summed E-state index contributed by atoms with van der Waals surface area (Å²) in [5.41, 5.74) is 2.86. The Morgan fingerprint density at radius 3 is 2.78 bits per heavy atom. The monoisotopic (exact) mass is 260 g/mol. The van der Waals surface area contributed by atoms with Crippen LogP contribution in [0, 0.1) is 0 Å². The predicted octanol–water partition coefficient (Wildman–Crippen LogP) is 3.37. The highest BCUT2D eigenvalue weighted by atomic mass is 32.1. The first-order valence-corrected chi connectivity index (χ1v) is 6.86. The molecule has 0 unspecified atom stereocenters. The normalized spacial score (nSPS) is 10.3. The van der Waals surface area contributed by atoms with Crippen LogP contribution in [0.1, 0.15) is 29.4 Å². The number of thiophene rings is 1. The highest BCUT2D eigenvalue weighted by Gasteiger charge is 2.07. The van der Waals surface area contributed by atoms with Crippen LogP contribution in [0.25, 0.3) is 0 Å². The van der Waals surface area contributed by atoms with Crippen LogP contribution in [0.5, 0.6) is 0 Å². The van der Waals surface area contributed by atoms with Crippen molar-refractivity contribution >= 4 is 22.8 Å². The third-order valence-electron chi connectivity index (χ3n) is 2.80. The minimum absolute atomic E-state index is 0.0852. The Balaban J connectivity index is 2.07. The molecule has 0 aliphatic heterocycles. The van der Waals surface area contributed by atoms with Gasteiger partial charge in [0.2, 0.25) is 0 Å². The van der Waals surface area contributed by atoms with Crippen molar-refractivity contribution in [3.8, 4) is 0 Å². The summed E-state index contributed by atoms with van der Waals surface area (Å²) in [6, 6.07) is 5.86. The van der Waals surface area contributed by atoms with Crippen LogP contribution in [-0.2, 0) is 6.54 Å². The molecule has 0 saturated heterocycles. The maximum absolute atomic E-state index is 11.5. The molecule has 0 fully saturated rings. The van der Waals surface area contributed by atoms with Crippen LogP contribution in [0.2, 0.25) is 0 Å². The number of pyridine rings is 1. The van der Waals surface area contributed by atoms with Gasteiger partial charge in [-0.2, -0.15) is 11.3 Å². The Bertz CT molecular complexity index is 505. The molecule has 0 bridgehead atoms. The fourth-order valence-corrected chi connectivity index (χ4v) is 2.37. The van der Waals surface area contributed by atoms with E-state index in [-0.39, 0.29) is 5.78 Å². The standard InChI is InChI=1S/C14H16N2OS/c1-3-14(17)13-5-4-12(8-15-13)16(2)9-11-6-7-18-10-11/h4-8,10H,3,9H2,1-2H3. The largest absolute Gasteiger partial charge is 0.369 e. The quantitative estimate of drug-likeness (QED) is 0.773. The number of ketones is 1. The predicted molar refractivity (Wildman–Crippen MR) is 75.3 cm³/mol. The topological polar surface area (TPSA) is 33.2 Å². The van der Waals surface area contributed by atoms with Gasteiger partial charge in [0, 0.05) is 20.0 Å². The Labute approximate surface area is 111 Å². The van der Waals surface area contributed by atoms with E-state index in [1.165, 1.54) is 5.56 Å². The SMILES string of the molecule is CCC(=O)c1ccc(N(C)Cc2ccsc2)cn1. The van der Waals surface area contributed by atoms with Crippen molar-refractivity contribution in [2.75, 3.05) is 11.9 Å². The summed E-state index contributed by atoms with van der Waals surface area (Å²) < 4.78 is 0. The summed E-state index contributed by atoms with van der Waals surface area (Å²) in [5.74, 6) is 0.0852. The van der Waals surface area contributed by atoms with Gasteiger partial charge in [-0.3, -0.25) is 9.78 Å². The molecule has 0 aromatic carbocycles. The van der Waals surface area contributed by atoms with Crippen molar-refractivity contribution in [3.63, 3.8) is 0 Å². The number of hydrogen-bond donors (Lipinski definition) is 0. The average molecular weight is 260 g/mol.